The zero-order chi connectivity index (χ0) is 26.8. The minimum atomic E-state index is -2.94. The molecule has 0 saturated heterocycles. The highest BCUT2D eigenvalue weighted by atomic mass is 35.5. The van der Waals surface area contributed by atoms with Gasteiger partial charge in [0.25, 0.3) is 0 Å². The molecule has 4 aliphatic rings. The molecule has 13 heteroatoms. The summed E-state index contributed by atoms with van der Waals surface area (Å²) in [5.74, 6) is -0.132. The Kier molecular flexibility index (Phi) is 7.92. The third-order valence-electron chi connectivity index (χ3n) is 6.64. The molecule has 0 aromatic heterocycles. The molecule has 0 bridgehead atoms. The van der Waals surface area contributed by atoms with Crippen LogP contribution in [0.1, 0.15) is 45.4 Å². The van der Waals surface area contributed by atoms with Crippen molar-refractivity contribution in [2.45, 2.75) is 68.5 Å². The van der Waals surface area contributed by atoms with Gasteiger partial charge in [0.15, 0.2) is 6.19 Å². The van der Waals surface area contributed by atoms with Crippen molar-refractivity contribution in [1.82, 2.24) is 15.6 Å². The summed E-state index contributed by atoms with van der Waals surface area (Å²) in [4.78, 5) is 16.5. The molecule has 198 valence electrons. The first kappa shape index (κ1) is 27.1. The minimum absolute atomic E-state index is 0.0577. The van der Waals surface area contributed by atoms with Crippen molar-refractivity contribution in [2.75, 3.05) is 6.54 Å². The molecule has 2 atom stereocenters. The van der Waals surface area contributed by atoms with Crippen LogP contribution in [0.25, 0.3) is 0 Å². The van der Waals surface area contributed by atoms with Gasteiger partial charge in [-0.3, -0.25) is 10.1 Å². The van der Waals surface area contributed by atoms with E-state index in [2.05, 4.69) is 25.5 Å². The molecule has 37 heavy (non-hydrogen) atoms. The number of guanidine groups is 1. The standard InChI is InChI=1S/C24H27Cl2F2N7O2/c1-23(26)11-14(6-7-18(23)25)19-17(33-20(36)24(30)8-3-9-24)12-35(34-19)22(31-13-29)32-15-4-2-5-16(10-15)37-21(27)28/h4,6-7,10,17,21H,2-3,5,8-9,11-12,30H2,1H3,(H,31,32)(H,33,36). The monoisotopic (exact) mass is 553 g/mol. The first-order valence-corrected chi connectivity index (χ1v) is 12.6. The van der Waals surface area contributed by atoms with Crippen molar-refractivity contribution < 1.29 is 18.3 Å². The van der Waals surface area contributed by atoms with Crippen LogP contribution in [0, 0.1) is 11.5 Å². The average molecular weight is 554 g/mol. The fraction of sp³-hybridized carbons (Fsp3) is 0.500. The van der Waals surface area contributed by atoms with Crippen LogP contribution >= 0.6 is 23.2 Å². The number of ether oxygens (including phenoxy) is 1. The van der Waals surface area contributed by atoms with Crippen molar-refractivity contribution in [1.29, 1.82) is 5.26 Å². The number of carbonyl (C=O) groups excluding carboxylic acids is 1. The van der Waals surface area contributed by atoms with Crippen LogP contribution in [0.5, 0.6) is 0 Å². The third-order valence-corrected chi connectivity index (χ3v) is 7.62. The Hall–Kier alpha value is -2.94. The zero-order valence-corrected chi connectivity index (χ0v) is 21.6. The first-order chi connectivity index (χ1) is 17.5. The number of hydrazone groups is 1. The number of nitriles is 1. The molecular formula is C24H27Cl2F2N7O2. The van der Waals surface area contributed by atoms with E-state index in [0.29, 0.717) is 48.5 Å². The number of amides is 1. The lowest BCUT2D eigenvalue weighted by atomic mass is 9.77. The quantitative estimate of drug-likeness (QED) is 0.151. The molecular weight excluding hydrogens is 527 g/mol. The lowest BCUT2D eigenvalue weighted by Gasteiger charge is -2.37. The van der Waals surface area contributed by atoms with E-state index in [9.17, 15) is 18.8 Å². The van der Waals surface area contributed by atoms with Crippen molar-refractivity contribution in [3.8, 4) is 6.19 Å². The minimum Gasteiger partial charge on any atom is -0.439 e. The molecule has 2 unspecified atom stereocenters. The molecule has 0 aromatic rings. The maximum atomic E-state index is 13.0. The normalized spacial score (nSPS) is 27.2. The lowest BCUT2D eigenvalue weighted by Crippen LogP contribution is -2.61. The topological polar surface area (TPSA) is 128 Å². The van der Waals surface area contributed by atoms with Gasteiger partial charge >= 0.3 is 6.61 Å². The van der Waals surface area contributed by atoms with Crippen LogP contribution in [0.3, 0.4) is 0 Å². The molecule has 1 heterocycles. The number of nitrogens with zero attached hydrogens (tertiary/aromatic N) is 4. The summed E-state index contributed by atoms with van der Waals surface area (Å²) in [7, 11) is 0. The van der Waals surface area contributed by atoms with E-state index in [-0.39, 0.29) is 24.2 Å². The Balaban J connectivity index is 1.64. The van der Waals surface area contributed by atoms with Crippen LogP contribution in [0.4, 0.5) is 8.78 Å². The summed E-state index contributed by atoms with van der Waals surface area (Å²) < 4.78 is 29.8. The second kappa shape index (κ2) is 10.8. The fourth-order valence-electron chi connectivity index (χ4n) is 4.41. The van der Waals surface area contributed by atoms with Gasteiger partial charge in [-0.15, -0.1) is 11.6 Å². The number of nitrogens with one attached hydrogen (secondary N) is 2. The molecule has 4 rings (SSSR count). The fourth-order valence-corrected chi connectivity index (χ4v) is 4.75. The van der Waals surface area contributed by atoms with E-state index >= 15 is 0 Å². The van der Waals surface area contributed by atoms with Gasteiger partial charge in [-0.25, -0.2) is 10.0 Å². The van der Waals surface area contributed by atoms with Crippen LogP contribution in [-0.4, -0.2) is 52.2 Å². The van der Waals surface area contributed by atoms with Gasteiger partial charge in [-0.1, -0.05) is 23.8 Å². The van der Waals surface area contributed by atoms with Crippen molar-refractivity contribution in [2.24, 2.45) is 15.8 Å². The molecule has 0 radical (unpaired) electrons. The molecule has 1 saturated carbocycles. The molecule has 1 aliphatic heterocycles. The summed E-state index contributed by atoms with van der Waals surface area (Å²) in [6, 6.07) is -0.572. The third kappa shape index (κ3) is 6.14. The molecule has 0 spiro atoms. The van der Waals surface area contributed by atoms with Gasteiger partial charge < -0.3 is 15.8 Å². The SMILES string of the molecule is CC1(Cl)CC(C2=NN(C(=NC3=CCCC(OC(F)F)=C3)NC#N)CC2NC(=O)C2(N)CCC2)=CC=C1Cl. The van der Waals surface area contributed by atoms with Crippen molar-refractivity contribution >= 4 is 40.8 Å². The Morgan fingerprint density at radius 1 is 1.43 bits per heavy atom. The average Bonchev–Trinajstić information content (AvgIpc) is 3.22. The van der Waals surface area contributed by atoms with E-state index in [0.717, 1.165) is 12.0 Å². The number of carbonyl (C=O) groups is 1. The Morgan fingerprint density at radius 3 is 2.81 bits per heavy atom. The number of hydrogen-bond donors (Lipinski definition) is 3. The molecule has 0 aromatic carbocycles. The van der Waals surface area contributed by atoms with Gasteiger partial charge in [0.05, 0.1) is 34.4 Å². The Bertz CT molecular complexity index is 1180. The second-order valence-electron chi connectivity index (χ2n) is 9.51. The highest BCUT2D eigenvalue weighted by Gasteiger charge is 2.43. The van der Waals surface area contributed by atoms with Crippen molar-refractivity contribution in [3.63, 3.8) is 0 Å². The van der Waals surface area contributed by atoms with Crippen LogP contribution in [-0.2, 0) is 9.53 Å². The number of nitrogens with two attached hydrogens (primary N) is 1. The molecule has 3 aliphatic carbocycles. The van der Waals surface area contributed by atoms with E-state index in [4.69, 9.17) is 28.9 Å². The maximum Gasteiger partial charge on any atom is 0.387 e. The largest absolute Gasteiger partial charge is 0.439 e. The lowest BCUT2D eigenvalue weighted by molar-refractivity contribution is -0.129. The predicted molar refractivity (Wildman–Crippen MR) is 136 cm³/mol. The Morgan fingerprint density at radius 2 is 2.19 bits per heavy atom. The van der Waals surface area contributed by atoms with E-state index in [1.54, 1.807) is 25.2 Å². The zero-order valence-electron chi connectivity index (χ0n) is 20.1. The van der Waals surface area contributed by atoms with Gasteiger partial charge in [0.1, 0.15) is 5.76 Å². The highest BCUT2D eigenvalue weighted by molar-refractivity contribution is 6.40. The van der Waals surface area contributed by atoms with Gasteiger partial charge in [-0.2, -0.15) is 19.1 Å². The van der Waals surface area contributed by atoms with E-state index in [1.807, 2.05) is 6.19 Å². The molecule has 4 N–H and O–H groups in total. The first-order valence-electron chi connectivity index (χ1n) is 11.8. The van der Waals surface area contributed by atoms with Crippen LogP contribution in [0.2, 0.25) is 0 Å². The van der Waals surface area contributed by atoms with Crippen molar-refractivity contribution in [3.05, 3.63) is 46.4 Å². The van der Waals surface area contributed by atoms with Gasteiger partial charge in [0.2, 0.25) is 11.9 Å². The smallest absolute Gasteiger partial charge is 0.387 e. The number of aliphatic imine (C=N–C) groups is 1. The summed E-state index contributed by atoms with van der Waals surface area (Å²) >= 11 is 12.9. The van der Waals surface area contributed by atoms with E-state index < -0.39 is 23.1 Å². The molecule has 1 fully saturated rings. The highest BCUT2D eigenvalue weighted by Crippen LogP contribution is 2.39. The molecule has 9 nitrogen and oxygen atoms in total. The summed E-state index contributed by atoms with van der Waals surface area (Å²) in [6.07, 6.45) is 11.6. The predicted octanol–water partition coefficient (Wildman–Crippen LogP) is 3.70. The Labute approximate surface area is 223 Å². The number of halogens is 4. The summed E-state index contributed by atoms with van der Waals surface area (Å²) in [6.45, 7) is -1.01. The molecule has 1 amide bonds. The van der Waals surface area contributed by atoms with E-state index in [1.165, 1.54) is 11.1 Å². The van der Waals surface area contributed by atoms with Gasteiger partial charge in [-0.05, 0) is 50.7 Å². The number of rotatable bonds is 6. The van der Waals surface area contributed by atoms with Crippen LogP contribution in [0.15, 0.2) is 56.5 Å². The van der Waals surface area contributed by atoms with Crippen LogP contribution < -0.4 is 16.4 Å². The van der Waals surface area contributed by atoms with Gasteiger partial charge in [0, 0.05) is 17.5 Å². The number of hydrogen-bond acceptors (Lipinski definition) is 6. The second-order valence-corrected chi connectivity index (χ2v) is 10.8. The maximum absolute atomic E-state index is 13.0. The summed E-state index contributed by atoms with van der Waals surface area (Å²) in [5.41, 5.74) is 6.94. The summed E-state index contributed by atoms with van der Waals surface area (Å²) in [5, 5.41) is 21.4. The number of allylic oxidation sites excluding steroid dienone is 6. The number of alkyl halides is 3.